The van der Waals surface area contributed by atoms with E-state index < -0.39 is 24.4 Å². The van der Waals surface area contributed by atoms with Gasteiger partial charge in [-0.1, -0.05) is 24.3 Å². The van der Waals surface area contributed by atoms with E-state index in [4.69, 9.17) is 20.9 Å². The molecule has 0 spiro atoms. The molecular formula is C12H14N2O4. The Morgan fingerprint density at radius 2 is 1.78 bits per heavy atom. The Bertz CT molecular complexity index is 475. The van der Waals surface area contributed by atoms with Crippen LogP contribution in [0.25, 0.3) is 0 Å². The van der Waals surface area contributed by atoms with Gasteiger partial charge in [-0.2, -0.15) is 0 Å². The van der Waals surface area contributed by atoms with Gasteiger partial charge in [0, 0.05) is 0 Å². The van der Waals surface area contributed by atoms with Crippen LogP contribution in [0.2, 0.25) is 0 Å². The number of rotatable bonds is 2. The summed E-state index contributed by atoms with van der Waals surface area (Å²) >= 11 is 0. The highest BCUT2D eigenvalue weighted by molar-refractivity contribution is 5.66. The third-order valence-electron chi connectivity index (χ3n) is 2.91. The summed E-state index contributed by atoms with van der Waals surface area (Å²) in [6, 6.07) is 7.48. The maximum Gasteiger partial charge on any atom is 0.405 e. The first-order chi connectivity index (χ1) is 8.58. The topological polar surface area (TPSA) is 105 Å². The maximum absolute atomic E-state index is 10.9. The van der Waals surface area contributed by atoms with Gasteiger partial charge in [0.2, 0.25) is 0 Å². The fraction of sp³-hybridized carbons (Fsp3) is 0.333. The van der Waals surface area contributed by atoms with Gasteiger partial charge in [0.25, 0.3) is 0 Å². The van der Waals surface area contributed by atoms with Gasteiger partial charge in [-0.25, -0.2) is 9.59 Å². The van der Waals surface area contributed by atoms with Crippen molar-refractivity contribution in [3.63, 3.8) is 0 Å². The summed E-state index contributed by atoms with van der Waals surface area (Å²) < 4.78 is 10.0. The van der Waals surface area contributed by atoms with Gasteiger partial charge in [-0.3, -0.25) is 0 Å². The van der Waals surface area contributed by atoms with Crippen molar-refractivity contribution in [1.29, 1.82) is 0 Å². The third-order valence-corrected chi connectivity index (χ3v) is 2.91. The van der Waals surface area contributed by atoms with E-state index in [1.54, 1.807) is 0 Å². The molecule has 0 aliphatic heterocycles. The molecular weight excluding hydrogens is 236 g/mol. The Morgan fingerprint density at radius 3 is 2.44 bits per heavy atom. The zero-order valence-electron chi connectivity index (χ0n) is 9.67. The number of hydrogen-bond acceptors (Lipinski definition) is 4. The van der Waals surface area contributed by atoms with Crippen LogP contribution in [-0.2, 0) is 15.9 Å². The number of primary amides is 2. The number of hydrogen-bond donors (Lipinski definition) is 2. The van der Waals surface area contributed by atoms with Gasteiger partial charge in [0.15, 0.2) is 6.10 Å². The Labute approximate surface area is 104 Å². The second-order valence-electron chi connectivity index (χ2n) is 4.07. The molecule has 0 unspecified atom stereocenters. The number of amides is 2. The van der Waals surface area contributed by atoms with Crippen LogP contribution in [0.15, 0.2) is 24.3 Å². The molecule has 0 bridgehead atoms. The van der Waals surface area contributed by atoms with Crippen LogP contribution in [0.5, 0.6) is 0 Å². The van der Waals surface area contributed by atoms with Gasteiger partial charge >= 0.3 is 12.2 Å². The van der Waals surface area contributed by atoms with Crippen molar-refractivity contribution in [3.05, 3.63) is 35.4 Å². The molecule has 6 nitrogen and oxygen atoms in total. The number of fused-ring (bicyclic) bond motifs is 1. The minimum atomic E-state index is -0.908. The summed E-state index contributed by atoms with van der Waals surface area (Å²) in [5.74, 6) is 0. The molecule has 2 atom stereocenters. The molecule has 0 heterocycles. The lowest BCUT2D eigenvalue weighted by Crippen LogP contribution is -2.35. The summed E-state index contributed by atoms with van der Waals surface area (Å²) in [6.07, 6.45) is -1.82. The van der Waals surface area contributed by atoms with Crippen LogP contribution in [0.3, 0.4) is 0 Å². The van der Waals surface area contributed by atoms with Gasteiger partial charge in [0.05, 0.1) is 0 Å². The highest BCUT2D eigenvalue weighted by atomic mass is 16.6. The number of nitrogens with two attached hydrogens (primary N) is 2. The number of ether oxygens (including phenoxy) is 2. The molecule has 6 heteroatoms. The van der Waals surface area contributed by atoms with Crippen LogP contribution in [0, 0.1) is 0 Å². The van der Waals surface area contributed by atoms with E-state index >= 15 is 0 Å². The van der Waals surface area contributed by atoms with E-state index in [1.165, 1.54) is 0 Å². The summed E-state index contributed by atoms with van der Waals surface area (Å²) in [6.45, 7) is 0. The Kier molecular flexibility index (Phi) is 3.36. The first kappa shape index (κ1) is 12.2. The largest absolute Gasteiger partial charge is 0.442 e. The van der Waals surface area contributed by atoms with Crippen molar-refractivity contribution in [2.45, 2.75) is 25.0 Å². The molecule has 18 heavy (non-hydrogen) atoms. The van der Waals surface area contributed by atoms with Crippen LogP contribution in [-0.4, -0.2) is 18.3 Å². The highest BCUT2D eigenvalue weighted by Crippen LogP contribution is 2.34. The van der Waals surface area contributed by atoms with E-state index in [-0.39, 0.29) is 0 Å². The molecule has 4 N–H and O–H groups in total. The zero-order valence-corrected chi connectivity index (χ0v) is 9.67. The minimum Gasteiger partial charge on any atom is -0.442 e. The number of aryl methyl sites for hydroxylation is 1. The summed E-state index contributed by atoms with van der Waals surface area (Å²) in [4.78, 5) is 21.8. The van der Waals surface area contributed by atoms with Crippen LogP contribution < -0.4 is 11.5 Å². The molecule has 0 aromatic heterocycles. The summed E-state index contributed by atoms with van der Waals surface area (Å²) in [7, 11) is 0. The second-order valence-corrected chi connectivity index (χ2v) is 4.07. The molecule has 0 radical (unpaired) electrons. The second kappa shape index (κ2) is 4.95. The fourth-order valence-electron chi connectivity index (χ4n) is 2.22. The Balaban J connectivity index is 2.30. The van der Waals surface area contributed by atoms with Crippen LogP contribution >= 0.6 is 0 Å². The quantitative estimate of drug-likeness (QED) is 0.823. The van der Waals surface area contributed by atoms with Crippen LogP contribution in [0.4, 0.5) is 9.59 Å². The normalized spacial score (nSPS) is 21.8. The lowest BCUT2D eigenvalue weighted by Gasteiger charge is -2.31. The van der Waals surface area contributed by atoms with Crippen LogP contribution in [0.1, 0.15) is 23.7 Å². The molecule has 1 aliphatic rings. The van der Waals surface area contributed by atoms with Crippen molar-refractivity contribution in [2.75, 3.05) is 0 Å². The average Bonchev–Trinajstić information content (AvgIpc) is 2.31. The Hall–Kier alpha value is -2.24. The van der Waals surface area contributed by atoms with Crippen molar-refractivity contribution < 1.29 is 19.1 Å². The molecule has 1 aromatic carbocycles. The van der Waals surface area contributed by atoms with E-state index in [9.17, 15) is 9.59 Å². The number of carbonyl (C=O) groups is 2. The summed E-state index contributed by atoms with van der Waals surface area (Å²) in [5.41, 5.74) is 11.9. The number of benzene rings is 1. The lowest BCUT2D eigenvalue weighted by atomic mass is 9.87. The standard InChI is InChI=1S/C12H14N2O4/c13-11(15)17-9-6-5-7-3-1-2-4-8(7)10(9)18-12(14)16/h1-4,9-10H,5-6H2,(H2,13,15)(H2,14,16)/t9-,10+/m0/s1. The van der Waals surface area contributed by atoms with E-state index in [1.807, 2.05) is 24.3 Å². The predicted octanol–water partition coefficient (Wildman–Crippen LogP) is 1.23. The molecule has 0 fully saturated rings. The van der Waals surface area contributed by atoms with E-state index in [0.717, 1.165) is 17.5 Å². The first-order valence-electron chi connectivity index (χ1n) is 5.58. The molecule has 2 rings (SSSR count). The average molecular weight is 250 g/mol. The predicted molar refractivity (Wildman–Crippen MR) is 62.6 cm³/mol. The van der Waals surface area contributed by atoms with E-state index in [0.29, 0.717) is 6.42 Å². The van der Waals surface area contributed by atoms with Crippen molar-refractivity contribution in [3.8, 4) is 0 Å². The molecule has 0 saturated carbocycles. The van der Waals surface area contributed by atoms with Gasteiger partial charge < -0.3 is 20.9 Å². The highest BCUT2D eigenvalue weighted by Gasteiger charge is 2.34. The zero-order chi connectivity index (χ0) is 13.1. The summed E-state index contributed by atoms with van der Waals surface area (Å²) in [5, 5.41) is 0. The third kappa shape index (κ3) is 2.53. The van der Waals surface area contributed by atoms with E-state index in [2.05, 4.69) is 0 Å². The molecule has 1 aromatic rings. The minimum absolute atomic E-state index is 0.540. The first-order valence-corrected chi connectivity index (χ1v) is 5.58. The van der Waals surface area contributed by atoms with Crippen molar-refractivity contribution in [2.24, 2.45) is 11.5 Å². The fourth-order valence-corrected chi connectivity index (χ4v) is 2.22. The Morgan fingerprint density at radius 1 is 1.11 bits per heavy atom. The monoisotopic (exact) mass is 250 g/mol. The molecule has 96 valence electrons. The smallest absolute Gasteiger partial charge is 0.405 e. The molecule has 2 amide bonds. The van der Waals surface area contributed by atoms with Gasteiger partial charge in [-0.15, -0.1) is 0 Å². The maximum atomic E-state index is 10.9. The van der Waals surface area contributed by atoms with Crippen molar-refractivity contribution in [1.82, 2.24) is 0 Å². The van der Waals surface area contributed by atoms with Crippen molar-refractivity contribution >= 4 is 12.2 Å². The molecule has 0 saturated heterocycles. The lowest BCUT2D eigenvalue weighted by molar-refractivity contribution is -0.0142. The number of carbonyl (C=O) groups excluding carboxylic acids is 2. The van der Waals surface area contributed by atoms with Gasteiger partial charge in [-0.05, 0) is 24.0 Å². The van der Waals surface area contributed by atoms with Gasteiger partial charge in [0.1, 0.15) is 6.10 Å². The SMILES string of the molecule is NC(=O)O[C@H]1CCc2ccccc2[C@H]1OC(N)=O. The molecule has 1 aliphatic carbocycles.